The molecule has 2 aromatic heterocycles. The van der Waals surface area contributed by atoms with Crippen LogP contribution in [0.25, 0.3) is 0 Å². The molecule has 1 aromatic carbocycles. The van der Waals surface area contributed by atoms with Gasteiger partial charge in [-0.2, -0.15) is 13.2 Å². The van der Waals surface area contributed by atoms with Gasteiger partial charge in [-0.3, -0.25) is 4.79 Å². The van der Waals surface area contributed by atoms with E-state index in [0.29, 0.717) is 33.9 Å². The van der Waals surface area contributed by atoms with Crippen LogP contribution in [0.5, 0.6) is 0 Å². The lowest BCUT2D eigenvalue weighted by Crippen LogP contribution is -2.66. The highest BCUT2D eigenvalue weighted by atomic mass is 32.1. The van der Waals surface area contributed by atoms with E-state index in [0.717, 1.165) is 31.5 Å². The number of benzene rings is 1. The van der Waals surface area contributed by atoms with Crippen molar-refractivity contribution in [2.45, 2.75) is 37.3 Å². The highest BCUT2D eigenvalue weighted by molar-refractivity contribution is 7.12. The molecule has 8 nitrogen and oxygen atoms in total. The SMILES string of the molecule is O=C(C[N+]12CCC(CC1)[C@@H](OC(=O)C(O)(c1cccs1)c1cccs1)C2)NCc1ccccc1.O=C([O-])C(F)(F)F. The first-order valence-electron chi connectivity index (χ1n) is 12.9. The van der Waals surface area contributed by atoms with Gasteiger partial charge < -0.3 is 29.5 Å². The predicted molar refractivity (Wildman–Crippen MR) is 143 cm³/mol. The van der Waals surface area contributed by atoms with E-state index in [1.165, 1.54) is 22.7 Å². The number of aliphatic hydroxyl groups is 1. The third-order valence-corrected chi connectivity index (χ3v) is 9.35. The zero-order valence-corrected chi connectivity index (χ0v) is 23.5. The Morgan fingerprint density at radius 3 is 2.02 bits per heavy atom. The molecule has 5 heterocycles. The molecule has 6 rings (SSSR count). The third kappa shape index (κ3) is 7.34. The summed E-state index contributed by atoms with van der Waals surface area (Å²) in [6.07, 6.45) is -3.66. The Kier molecular flexibility index (Phi) is 9.52. The summed E-state index contributed by atoms with van der Waals surface area (Å²) in [5, 5.41) is 27.1. The summed E-state index contributed by atoms with van der Waals surface area (Å²) in [6.45, 7) is 3.33. The van der Waals surface area contributed by atoms with E-state index in [1.807, 2.05) is 53.2 Å². The van der Waals surface area contributed by atoms with Crippen molar-refractivity contribution < 1.29 is 47.0 Å². The number of piperidine rings is 3. The van der Waals surface area contributed by atoms with Crippen molar-refractivity contribution in [3.8, 4) is 0 Å². The Morgan fingerprint density at radius 2 is 1.54 bits per heavy atom. The normalized spacial score (nSPS) is 21.9. The zero-order chi connectivity index (χ0) is 29.7. The van der Waals surface area contributed by atoms with Gasteiger partial charge in [0.05, 0.1) is 22.8 Å². The molecule has 2 N–H and O–H groups in total. The molecule has 3 fully saturated rings. The predicted octanol–water partition coefficient (Wildman–Crippen LogP) is 2.81. The summed E-state index contributed by atoms with van der Waals surface area (Å²) in [5.74, 6) is -3.34. The molecule has 0 spiro atoms. The first-order chi connectivity index (χ1) is 19.4. The zero-order valence-electron chi connectivity index (χ0n) is 21.8. The van der Waals surface area contributed by atoms with Gasteiger partial charge in [-0.05, 0) is 28.5 Å². The number of amides is 1. The Balaban J connectivity index is 0.000000493. The number of hydrogen-bond donors (Lipinski definition) is 2. The third-order valence-electron chi connectivity index (χ3n) is 7.39. The van der Waals surface area contributed by atoms with Crippen molar-refractivity contribution >= 4 is 40.5 Å². The first kappa shape index (κ1) is 30.7. The maximum Gasteiger partial charge on any atom is 0.430 e. The highest BCUT2D eigenvalue weighted by Crippen LogP contribution is 2.40. The fourth-order valence-electron chi connectivity index (χ4n) is 5.25. The van der Waals surface area contributed by atoms with E-state index in [-0.39, 0.29) is 17.9 Å². The Hall–Kier alpha value is -3.26. The van der Waals surface area contributed by atoms with Crippen LogP contribution in [0, 0.1) is 5.92 Å². The maximum atomic E-state index is 13.4. The van der Waals surface area contributed by atoms with E-state index in [1.54, 1.807) is 12.1 Å². The number of carboxylic acids is 1. The van der Waals surface area contributed by atoms with Gasteiger partial charge in [-0.1, -0.05) is 42.5 Å². The first-order valence-corrected chi connectivity index (χ1v) is 14.6. The second-order valence-electron chi connectivity index (χ2n) is 10.1. The molecule has 0 unspecified atom stereocenters. The molecular formula is C28H29F3N2O6S2. The van der Waals surface area contributed by atoms with E-state index in [2.05, 4.69) is 5.32 Å². The number of halogens is 3. The smallest absolute Gasteiger partial charge is 0.430 e. The molecule has 0 saturated carbocycles. The Morgan fingerprint density at radius 1 is 0.976 bits per heavy atom. The van der Waals surface area contributed by atoms with Crippen LogP contribution in [0.4, 0.5) is 13.2 Å². The summed E-state index contributed by atoms with van der Waals surface area (Å²) in [4.78, 5) is 36.1. The van der Waals surface area contributed by atoms with E-state index in [9.17, 15) is 27.9 Å². The molecule has 1 amide bonds. The number of fused-ring (bicyclic) bond motifs is 3. The number of quaternary nitrogens is 1. The number of alkyl halides is 3. The molecule has 41 heavy (non-hydrogen) atoms. The van der Waals surface area contributed by atoms with Gasteiger partial charge in [0.2, 0.25) is 5.60 Å². The summed E-state index contributed by atoms with van der Waals surface area (Å²) in [5.41, 5.74) is -0.729. The number of esters is 1. The van der Waals surface area contributed by atoms with Crippen LogP contribution in [-0.2, 0) is 31.3 Å². The maximum absolute atomic E-state index is 13.4. The van der Waals surface area contributed by atoms with Crippen molar-refractivity contribution in [3.63, 3.8) is 0 Å². The molecule has 3 saturated heterocycles. The number of thiophene rings is 2. The fraction of sp³-hybridized carbons (Fsp3) is 0.393. The number of carbonyl (C=O) groups excluding carboxylic acids is 3. The van der Waals surface area contributed by atoms with Gasteiger partial charge in [0, 0.05) is 25.3 Å². The van der Waals surface area contributed by atoms with Crippen LogP contribution in [-0.4, -0.2) is 65.9 Å². The summed E-state index contributed by atoms with van der Waals surface area (Å²) in [7, 11) is 0. The number of carbonyl (C=O) groups is 3. The molecule has 0 aliphatic carbocycles. The molecular weight excluding hydrogens is 581 g/mol. The van der Waals surface area contributed by atoms with Gasteiger partial charge in [0.15, 0.2) is 12.6 Å². The lowest BCUT2D eigenvalue weighted by Gasteiger charge is -2.51. The largest absolute Gasteiger partial charge is 0.542 e. The minimum Gasteiger partial charge on any atom is -0.542 e. The van der Waals surface area contributed by atoms with Crippen LogP contribution in [0.1, 0.15) is 28.2 Å². The van der Waals surface area contributed by atoms with E-state index >= 15 is 0 Å². The van der Waals surface area contributed by atoms with Gasteiger partial charge in [0.25, 0.3) is 5.91 Å². The van der Waals surface area contributed by atoms with Crippen LogP contribution in [0.3, 0.4) is 0 Å². The molecule has 220 valence electrons. The lowest BCUT2D eigenvalue weighted by atomic mass is 9.83. The van der Waals surface area contributed by atoms with Gasteiger partial charge in [-0.15, -0.1) is 22.7 Å². The number of nitrogens with one attached hydrogen (secondary N) is 1. The monoisotopic (exact) mass is 610 g/mol. The van der Waals surface area contributed by atoms with Crippen molar-refractivity contribution in [3.05, 3.63) is 80.7 Å². The van der Waals surface area contributed by atoms with Gasteiger partial charge in [0.1, 0.15) is 12.5 Å². The number of nitrogens with zero attached hydrogens (tertiary/aromatic N) is 1. The average molecular weight is 611 g/mol. The Labute approximate surface area is 242 Å². The number of hydrogen-bond acceptors (Lipinski definition) is 8. The summed E-state index contributed by atoms with van der Waals surface area (Å²) < 4.78 is 38.2. The number of aliphatic carboxylic acids is 1. The molecule has 13 heteroatoms. The standard InChI is InChI=1S/C26H28N2O4S2.C2HF3O2/c29-24(27-16-19-6-2-1-3-7-19)18-28-12-10-20(11-13-28)21(17-28)32-25(30)26(31,22-8-4-14-33-22)23-9-5-15-34-23;3-2(4,5)1(6)7/h1-9,14-15,20-21,31H,10-13,16-18H2;(H,6,7)/t20?,21-,28?;/m0./s1. The van der Waals surface area contributed by atoms with Crippen LogP contribution >= 0.6 is 22.7 Å². The minimum absolute atomic E-state index is 0.0166. The second kappa shape index (κ2) is 12.7. The van der Waals surface area contributed by atoms with Crippen molar-refractivity contribution in [1.29, 1.82) is 0 Å². The second-order valence-corrected chi connectivity index (χ2v) is 12.0. The number of carboxylic acid groups (broad SMARTS) is 1. The van der Waals surface area contributed by atoms with Crippen molar-refractivity contribution in [2.24, 2.45) is 5.92 Å². The molecule has 3 aliphatic rings. The summed E-state index contributed by atoms with van der Waals surface area (Å²) in [6, 6.07) is 17.1. The minimum atomic E-state index is -5.19. The molecule has 1 atom stereocenters. The quantitative estimate of drug-likeness (QED) is 0.300. The number of rotatable bonds is 8. The van der Waals surface area contributed by atoms with Crippen LogP contribution in [0.2, 0.25) is 0 Å². The Bertz CT molecular complexity index is 1270. The van der Waals surface area contributed by atoms with Crippen LogP contribution in [0.15, 0.2) is 65.4 Å². The summed E-state index contributed by atoms with van der Waals surface area (Å²) >= 11 is 2.69. The van der Waals surface area contributed by atoms with Gasteiger partial charge >= 0.3 is 12.1 Å². The van der Waals surface area contributed by atoms with Crippen molar-refractivity contribution in [2.75, 3.05) is 26.2 Å². The number of ether oxygens (including phenoxy) is 1. The van der Waals surface area contributed by atoms with E-state index < -0.39 is 23.7 Å². The highest BCUT2D eigenvalue weighted by Gasteiger charge is 2.51. The van der Waals surface area contributed by atoms with Crippen LogP contribution < -0.4 is 10.4 Å². The molecule has 3 aromatic rings. The molecule has 0 radical (unpaired) electrons. The average Bonchev–Trinajstić information content (AvgIpc) is 3.68. The fourth-order valence-corrected chi connectivity index (χ4v) is 6.96. The topological polar surface area (TPSA) is 116 Å². The molecule has 3 aliphatic heterocycles. The van der Waals surface area contributed by atoms with Crippen molar-refractivity contribution in [1.82, 2.24) is 5.32 Å². The lowest BCUT2D eigenvalue weighted by molar-refractivity contribution is -0.939. The van der Waals surface area contributed by atoms with Gasteiger partial charge in [-0.25, -0.2) is 4.79 Å². The van der Waals surface area contributed by atoms with E-state index in [4.69, 9.17) is 14.6 Å². The molecule has 2 bridgehead atoms.